The van der Waals surface area contributed by atoms with E-state index in [1.165, 1.54) is 18.9 Å². The first-order valence-corrected chi connectivity index (χ1v) is 9.05. The third-order valence-corrected chi connectivity index (χ3v) is 5.99. The highest BCUT2D eigenvalue weighted by molar-refractivity contribution is 6.32. The molecule has 0 unspecified atom stereocenters. The minimum atomic E-state index is -0.481. The summed E-state index contributed by atoms with van der Waals surface area (Å²) in [6.07, 6.45) is 3.80. The first kappa shape index (κ1) is 16.8. The zero-order chi connectivity index (χ0) is 17.6. The van der Waals surface area contributed by atoms with Crippen molar-refractivity contribution >= 4 is 23.2 Å². The monoisotopic (exact) mass is 364 g/mol. The van der Waals surface area contributed by atoms with E-state index in [9.17, 15) is 14.9 Å². The van der Waals surface area contributed by atoms with E-state index in [-0.39, 0.29) is 22.2 Å². The van der Waals surface area contributed by atoms with Crippen molar-refractivity contribution in [3.05, 3.63) is 38.4 Å². The lowest BCUT2D eigenvalue weighted by Crippen LogP contribution is -2.45. The maximum absolute atomic E-state index is 12.7. The van der Waals surface area contributed by atoms with Gasteiger partial charge in [-0.15, -0.1) is 0 Å². The van der Waals surface area contributed by atoms with Crippen LogP contribution >= 0.6 is 11.6 Å². The molecule has 2 heterocycles. The van der Waals surface area contributed by atoms with E-state index in [1.54, 1.807) is 11.0 Å². The molecule has 1 saturated heterocycles. The molecule has 0 aromatic heterocycles. The summed E-state index contributed by atoms with van der Waals surface area (Å²) in [7, 11) is 0. The number of benzene rings is 1. The number of hydrogen-bond donors (Lipinski definition) is 2. The van der Waals surface area contributed by atoms with E-state index >= 15 is 0 Å². The molecule has 1 aromatic rings. The van der Waals surface area contributed by atoms with Crippen molar-refractivity contribution < 1.29 is 9.72 Å². The quantitative estimate of drug-likeness (QED) is 0.617. The van der Waals surface area contributed by atoms with Gasteiger partial charge in [-0.1, -0.05) is 11.6 Å². The number of fused-ring (bicyclic) bond motifs is 1. The van der Waals surface area contributed by atoms with Crippen LogP contribution in [-0.2, 0) is 17.9 Å². The summed E-state index contributed by atoms with van der Waals surface area (Å²) in [6.45, 7) is 2.64. The number of nitro benzene ring substituents is 1. The second kappa shape index (κ2) is 6.23. The Kier molecular flexibility index (Phi) is 4.17. The van der Waals surface area contributed by atoms with Gasteiger partial charge in [0.2, 0.25) is 5.91 Å². The summed E-state index contributed by atoms with van der Waals surface area (Å²) in [5.74, 6) is 0.774. The fraction of sp³-hybridized carbons (Fsp3) is 0.588. The molecule has 0 radical (unpaired) electrons. The van der Waals surface area contributed by atoms with Crippen molar-refractivity contribution in [2.75, 3.05) is 13.2 Å². The van der Waals surface area contributed by atoms with E-state index in [4.69, 9.17) is 11.6 Å². The molecule has 1 saturated carbocycles. The Hall–Kier alpha value is -1.70. The molecule has 2 N–H and O–H groups in total. The van der Waals surface area contributed by atoms with Crippen LogP contribution in [0.1, 0.15) is 36.8 Å². The summed E-state index contributed by atoms with van der Waals surface area (Å²) in [4.78, 5) is 25.0. The van der Waals surface area contributed by atoms with Crippen molar-refractivity contribution in [1.29, 1.82) is 0 Å². The molecule has 4 rings (SSSR count). The molecule has 25 heavy (non-hydrogen) atoms. The highest BCUT2D eigenvalue weighted by atomic mass is 35.5. The van der Waals surface area contributed by atoms with Gasteiger partial charge in [-0.3, -0.25) is 20.2 Å². The fourth-order valence-electron chi connectivity index (χ4n) is 4.10. The van der Waals surface area contributed by atoms with Gasteiger partial charge in [0.15, 0.2) is 0 Å². The minimum absolute atomic E-state index is 0.0599. The number of nitrogens with zero attached hydrogens (tertiary/aromatic N) is 2. The summed E-state index contributed by atoms with van der Waals surface area (Å²) < 4.78 is 0. The number of nitro groups is 1. The van der Waals surface area contributed by atoms with Gasteiger partial charge in [0.05, 0.1) is 4.92 Å². The number of hydrogen-bond acceptors (Lipinski definition) is 5. The third-order valence-electron chi connectivity index (χ3n) is 5.69. The molecular formula is C17H21ClN4O3. The second-order valence-electron chi connectivity index (χ2n) is 7.29. The molecule has 2 fully saturated rings. The van der Waals surface area contributed by atoms with Gasteiger partial charge >= 0.3 is 0 Å². The van der Waals surface area contributed by atoms with Gasteiger partial charge in [-0.2, -0.15) is 0 Å². The predicted octanol–water partition coefficient (Wildman–Crippen LogP) is 2.17. The second-order valence-corrected chi connectivity index (χ2v) is 7.70. The molecule has 1 atom stereocenters. The van der Waals surface area contributed by atoms with Crippen LogP contribution in [0, 0.1) is 16.0 Å². The van der Waals surface area contributed by atoms with Crippen LogP contribution in [-0.4, -0.2) is 34.5 Å². The van der Waals surface area contributed by atoms with E-state index in [0.717, 1.165) is 30.8 Å². The largest absolute Gasteiger partial charge is 0.334 e. The van der Waals surface area contributed by atoms with Crippen LogP contribution in [0.3, 0.4) is 0 Å². The molecule has 2 aliphatic heterocycles. The fourth-order valence-corrected chi connectivity index (χ4v) is 4.36. The van der Waals surface area contributed by atoms with E-state index in [1.807, 2.05) is 0 Å². The molecule has 134 valence electrons. The summed E-state index contributed by atoms with van der Waals surface area (Å²) >= 11 is 5.98. The normalized spacial score (nSPS) is 25.2. The first-order chi connectivity index (χ1) is 12.0. The Balaban J connectivity index is 1.41. The summed E-state index contributed by atoms with van der Waals surface area (Å²) in [5, 5.41) is 18.0. The number of nitrogens with one attached hydrogen (secondary N) is 2. The first-order valence-electron chi connectivity index (χ1n) is 8.68. The Morgan fingerprint density at radius 1 is 1.36 bits per heavy atom. The topological polar surface area (TPSA) is 87.5 Å². The Bertz CT molecular complexity index is 729. The number of carbonyl (C=O) groups excluding carboxylic acids is 1. The van der Waals surface area contributed by atoms with Crippen LogP contribution in [0.5, 0.6) is 0 Å². The molecule has 1 aromatic carbocycles. The van der Waals surface area contributed by atoms with Crippen LogP contribution in [0.25, 0.3) is 0 Å². The van der Waals surface area contributed by atoms with Crippen molar-refractivity contribution in [1.82, 2.24) is 15.5 Å². The van der Waals surface area contributed by atoms with Crippen molar-refractivity contribution in [3.8, 4) is 0 Å². The lowest BCUT2D eigenvalue weighted by Gasteiger charge is -2.29. The van der Waals surface area contributed by atoms with Gasteiger partial charge in [-0.25, -0.2) is 0 Å². The van der Waals surface area contributed by atoms with Crippen LogP contribution < -0.4 is 10.6 Å². The average molecular weight is 365 g/mol. The van der Waals surface area contributed by atoms with Crippen molar-refractivity contribution in [2.45, 2.75) is 44.3 Å². The molecule has 1 amide bonds. The third kappa shape index (κ3) is 3.12. The maximum Gasteiger partial charge on any atom is 0.288 e. The Morgan fingerprint density at radius 3 is 2.68 bits per heavy atom. The molecule has 0 spiro atoms. The minimum Gasteiger partial charge on any atom is -0.334 e. The highest BCUT2D eigenvalue weighted by Gasteiger charge is 2.46. The van der Waals surface area contributed by atoms with E-state index < -0.39 is 4.92 Å². The van der Waals surface area contributed by atoms with Gasteiger partial charge in [0.25, 0.3) is 5.69 Å². The molecule has 7 nitrogen and oxygen atoms in total. The standard InChI is InChI=1S/C17H21ClN4O3/c18-14-5-11-7-21(8-12(11)6-15(14)22(24)25)16(23)3-4-17(13-1-2-13)9-19-10-20-17/h5-6,13,19-20H,1-4,7-10H2/t17-/m1/s1. The van der Waals surface area contributed by atoms with E-state index in [0.29, 0.717) is 25.4 Å². The molecule has 3 aliphatic rings. The van der Waals surface area contributed by atoms with Crippen molar-refractivity contribution in [3.63, 3.8) is 0 Å². The molecule has 0 bridgehead atoms. The molecule has 8 heteroatoms. The summed E-state index contributed by atoms with van der Waals surface area (Å²) in [5.41, 5.74) is 1.69. The predicted molar refractivity (Wildman–Crippen MR) is 93.1 cm³/mol. The van der Waals surface area contributed by atoms with E-state index in [2.05, 4.69) is 10.6 Å². The number of amides is 1. The lowest BCUT2D eigenvalue weighted by atomic mass is 9.88. The smallest absolute Gasteiger partial charge is 0.288 e. The highest BCUT2D eigenvalue weighted by Crippen LogP contribution is 2.43. The van der Waals surface area contributed by atoms with Gasteiger partial charge in [-0.05, 0) is 42.4 Å². The Morgan fingerprint density at radius 2 is 2.08 bits per heavy atom. The van der Waals surface area contributed by atoms with Crippen LogP contribution in [0.2, 0.25) is 5.02 Å². The SMILES string of the molecule is O=C(CC[C@]1(C2CC2)CNCN1)N1Cc2cc(Cl)c([N+](=O)[O-])cc2C1. The summed E-state index contributed by atoms with van der Waals surface area (Å²) in [6, 6.07) is 3.12. The Labute approximate surface area is 150 Å². The number of carbonyl (C=O) groups is 1. The van der Waals surface area contributed by atoms with Crippen LogP contribution in [0.15, 0.2) is 12.1 Å². The zero-order valence-corrected chi connectivity index (χ0v) is 14.6. The van der Waals surface area contributed by atoms with Gasteiger partial charge in [0, 0.05) is 44.3 Å². The molecule has 1 aliphatic carbocycles. The average Bonchev–Trinajstić information content (AvgIpc) is 3.19. The van der Waals surface area contributed by atoms with Crippen LogP contribution in [0.4, 0.5) is 5.69 Å². The lowest BCUT2D eigenvalue weighted by molar-refractivity contribution is -0.384. The van der Waals surface area contributed by atoms with Gasteiger partial charge < -0.3 is 10.2 Å². The molecular weight excluding hydrogens is 344 g/mol. The zero-order valence-electron chi connectivity index (χ0n) is 13.9. The maximum atomic E-state index is 12.7. The number of halogens is 1. The number of rotatable bonds is 5. The van der Waals surface area contributed by atoms with Crippen molar-refractivity contribution in [2.24, 2.45) is 5.92 Å². The van der Waals surface area contributed by atoms with Gasteiger partial charge in [0.1, 0.15) is 5.02 Å².